The number of aromatic nitrogens is 1. The van der Waals surface area contributed by atoms with Crippen molar-refractivity contribution >= 4 is 10.9 Å². The summed E-state index contributed by atoms with van der Waals surface area (Å²) in [6, 6.07) is 7.96. The van der Waals surface area contributed by atoms with Crippen LogP contribution in [-0.4, -0.2) is 16.7 Å². The number of hydrogen-bond donors (Lipinski definition) is 3. The van der Waals surface area contributed by atoms with E-state index in [0.29, 0.717) is 0 Å². The Morgan fingerprint density at radius 3 is 2.65 bits per heavy atom. The first-order chi connectivity index (χ1) is 7.97. The average molecular weight is 232 g/mol. The first-order valence-electron chi connectivity index (χ1n) is 5.91. The summed E-state index contributed by atoms with van der Waals surface area (Å²) in [6.07, 6.45) is 0. The van der Waals surface area contributed by atoms with Crippen LogP contribution in [0.2, 0.25) is 0 Å². The van der Waals surface area contributed by atoms with Gasteiger partial charge in [-0.05, 0) is 18.6 Å². The molecule has 3 nitrogen and oxygen atoms in total. The van der Waals surface area contributed by atoms with Crippen LogP contribution in [0.25, 0.3) is 10.9 Å². The molecule has 1 heterocycles. The maximum atomic E-state index is 9.44. The van der Waals surface area contributed by atoms with Crippen molar-refractivity contribution in [1.82, 2.24) is 4.98 Å². The van der Waals surface area contributed by atoms with Crippen LogP contribution < -0.4 is 5.73 Å². The summed E-state index contributed by atoms with van der Waals surface area (Å²) in [5.74, 6) is 0. The van der Waals surface area contributed by atoms with E-state index in [-0.39, 0.29) is 18.1 Å². The highest BCUT2D eigenvalue weighted by atomic mass is 16.3. The first kappa shape index (κ1) is 12.1. The molecule has 4 N–H and O–H groups in total. The minimum absolute atomic E-state index is 0.0765. The standard InChI is InChI=1S/C14H20N2O/c1-9-12(13(15)14(2,3)8-17)10-6-4-5-7-11(10)16-9/h4-7,13,16-17H,8,15H2,1-3H3/t13-/m1/s1. The van der Waals surface area contributed by atoms with Gasteiger partial charge in [0.2, 0.25) is 0 Å². The van der Waals surface area contributed by atoms with E-state index in [1.165, 1.54) is 0 Å². The van der Waals surface area contributed by atoms with E-state index in [1.54, 1.807) is 0 Å². The summed E-state index contributed by atoms with van der Waals surface area (Å²) in [4.78, 5) is 3.34. The second-order valence-corrected chi connectivity index (χ2v) is 5.33. The van der Waals surface area contributed by atoms with Crippen molar-refractivity contribution in [3.63, 3.8) is 0 Å². The van der Waals surface area contributed by atoms with E-state index in [4.69, 9.17) is 5.73 Å². The van der Waals surface area contributed by atoms with Crippen molar-refractivity contribution in [2.45, 2.75) is 26.8 Å². The van der Waals surface area contributed by atoms with Crippen molar-refractivity contribution in [3.8, 4) is 0 Å². The highest BCUT2D eigenvalue weighted by Crippen LogP contribution is 2.36. The Labute approximate surface area is 102 Å². The number of benzene rings is 1. The summed E-state index contributed by atoms with van der Waals surface area (Å²) in [6.45, 7) is 6.08. The molecule has 0 unspecified atom stereocenters. The summed E-state index contributed by atoms with van der Waals surface area (Å²) in [7, 11) is 0. The lowest BCUT2D eigenvalue weighted by Gasteiger charge is -2.30. The minimum Gasteiger partial charge on any atom is -0.396 e. The van der Waals surface area contributed by atoms with Crippen LogP contribution in [0, 0.1) is 12.3 Å². The van der Waals surface area contributed by atoms with Crippen LogP contribution in [0.3, 0.4) is 0 Å². The maximum absolute atomic E-state index is 9.44. The number of aliphatic hydroxyl groups excluding tert-OH is 1. The molecule has 1 aromatic carbocycles. The SMILES string of the molecule is Cc1[nH]c2ccccc2c1[C@@H](N)C(C)(C)CO. The van der Waals surface area contributed by atoms with E-state index < -0.39 is 0 Å². The van der Waals surface area contributed by atoms with E-state index in [0.717, 1.165) is 22.2 Å². The topological polar surface area (TPSA) is 62.0 Å². The van der Waals surface area contributed by atoms with E-state index >= 15 is 0 Å². The summed E-state index contributed by atoms with van der Waals surface area (Å²) in [5.41, 5.74) is 9.29. The van der Waals surface area contributed by atoms with Gasteiger partial charge in [-0.2, -0.15) is 0 Å². The molecule has 3 heteroatoms. The van der Waals surface area contributed by atoms with E-state index in [9.17, 15) is 5.11 Å². The fourth-order valence-electron chi connectivity index (χ4n) is 2.19. The predicted octanol–water partition coefficient (Wildman–Crippen LogP) is 2.49. The average Bonchev–Trinajstić information content (AvgIpc) is 2.64. The Kier molecular flexibility index (Phi) is 2.98. The van der Waals surface area contributed by atoms with Gasteiger partial charge in [0.25, 0.3) is 0 Å². The quantitative estimate of drug-likeness (QED) is 0.761. The summed E-state index contributed by atoms with van der Waals surface area (Å²) in [5, 5.41) is 10.6. The highest BCUT2D eigenvalue weighted by Gasteiger charge is 2.30. The number of H-pyrrole nitrogens is 1. The molecule has 2 rings (SSSR count). The molecular formula is C14H20N2O. The molecule has 0 fully saturated rings. The van der Waals surface area contributed by atoms with E-state index in [2.05, 4.69) is 11.1 Å². The third-order valence-corrected chi connectivity index (χ3v) is 3.50. The lowest BCUT2D eigenvalue weighted by atomic mass is 9.81. The minimum atomic E-state index is -0.324. The van der Waals surface area contributed by atoms with Crippen molar-refractivity contribution in [2.75, 3.05) is 6.61 Å². The smallest absolute Gasteiger partial charge is 0.0500 e. The molecule has 2 aromatic rings. The lowest BCUT2D eigenvalue weighted by molar-refractivity contribution is 0.132. The number of aryl methyl sites for hydroxylation is 1. The number of aliphatic hydroxyl groups is 1. The molecule has 0 saturated carbocycles. The van der Waals surface area contributed by atoms with Crippen molar-refractivity contribution < 1.29 is 5.11 Å². The van der Waals surface area contributed by atoms with Gasteiger partial charge in [0.05, 0.1) is 0 Å². The fraction of sp³-hybridized carbons (Fsp3) is 0.429. The summed E-state index contributed by atoms with van der Waals surface area (Å²) < 4.78 is 0. The number of aromatic amines is 1. The van der Waals surface area contributed by atoms with Crippen molar-refractivity contribution in [1.29, 1.82) is 0 Å². The second-order valence-electron chi connectivity index (χ2n) is 5.33. The monoisotopic (exact) mass is 232 g/mol. The van der Waals surface area contributed by atoms with Crippen LogP contribution in [0.15, 0.2) is 24.3 Å². The lowest BCUT2D eigenvalue weighted by Crippen LogP contribution is -2.32. The third-order valence-electron chi connectivity index (χ3n) is 3.50. The highest BCUT2D eigenvalue weighted by molar-refractivity contribution is 5.85. The molecule has 17 heavy (non-hydrogen) atoms. The molecule has 1 atom stereocenters. The first-order valence-corrected chi connectivity index (χ1v) is 5.91. The maximum Gasteiger partial charge on any atom is 0.0500 e. The number of rotatable bonds is 3. The number of hydrogen-bond acceptors (Lipinski definition) is 2. The molecule has 0 saturated heterocycles. The van der Waals surface area contributed by atoms with Gasteiger partial charge in [0.15, 0.2) is 0 Å². The van der Waals surface area contributed by atoms with E-state index in [1.807, 2.05) is 39.0 Å². The Bertz CT molecular complexity index is 528. The number of nitrogens with two attached hydrogens (primary N) is 1. The largest absolute Gasteiger partial charge is 0.396 e. The van der Waals surface area contributed by atoms with Gasteiger partial charge in [-0.3, -0.25) is 0 Å². The van der Waals surface area contributed by atoms with Gasteiger partial charge in [-0.1, -0.05) is 32.0 Å². The number of nitrogens with one attached hydrogen (secondary N) is 1. The van der Waals surface area contributed by atoms with Crippen LogP contribution >= 0.6 is 0 Å². The van der Waals surface area contributed by atoms with Crippen LogP contribution in [0.1, 0.15) is 31.1 Å². The van der Waals surface area contributed by atoms with Crippen LogP contribution in [-0.2, 0) is 0 Å². The zero-order valence-electron chi connectivity index (χ0n) is 10.6. The third kappa shape index (κ3) is 1.96. The predicted molar refractivity (Wildman–Crippen MR) is 70.8 cm³/mol. The van der Waals surface area contributed by atoms with Crippen molar-refractivity contribution in [3.05, 3.63) is 35.5 Å². The Morgan fingerprint density at radius 2 is 2.00 bits per heavy atom. The van der Waals surface area contributed by atoms with Gasteiger partial charge in [0.1, 0.15) is 0 Å². The van der Waals surface area contributed by atoms with Crippen LogP contribution in [0.4, 0.5) is 0 Å². The van der Waals surface area contributed by atoms with Crippen molar-refractivity contribution in [2.24, 2.45) is 11.1 Å². The van der Waals surface area contributed by atoms with Gasteiger partial charge in [-0.15, -0.1) is 0 Å². The normalized spacial score (nSPS) is 14.2. The fourth-order valence-corrected chi connectivity index (χ4v) is 2.19. The molecule has 1 aromatic heterocycles. The zero-order chi connectivity index (χ0) is 12.6. The molecule has 0 amide bonds. The molecule has 0 bridgehead atoms. The molecule has 92 valence electrons. The number of para-hydroxylation sites is 1. The Hall–Kier alpha value is -1.32. The molecular weight excluding hydrogens is 212 g/mol. The molecule has 0 aliphatic carbocycles. The van der Waals surface area contributed by atoms with Crippen LogP contribution in [0.5, 0.6) is 0 Å². The van der Waals surface area contributed by atoms with Gasteiger partial charge < -0.3 is 15.8 Å². The second kappa shape index (κ2) is 4.17. The summed E-state index contributed by atoms with van der Waals surface area (Å²) >= 11 is 0. The van der Waals surface area contributed by atoms with Gasteiger partial charge in [0, 0.05) is 34.7 Å². The zero-order valence-corrected chi connectivity index (χ0v) is 10.6. The van der Waals surface area contributed by atoms with Gasteiger partial charge in [-0.25, -0.2) is 0 Å². The van der Waals surface area contributed by atoms with Gasteiger partial charge >= 0.3 is 0 Å². The molecule has 0 aliphatic heterocycles. The molecule has 0 spiro atoms. The Balaban J connectivity index is 2.59. The molecule has 0 radical (unpaired) electrons. The molecule has 0 aliphatic rings. The number of fused-ring (bicyclic) bond motifs is 1. The Morgan fingerprint density at radius 1 is 1.35 bits per heavy atom.